The topological polar surface area (TPSA) is 105 Å². The highest BCUT2D eigenvalue weighted by Crippen LogP contribution is 2.18. The highest BCUT2D eigenvalue weighted by molar-refractivity contribution is 7.89. The van der Waals surface area contributed by atoms with Gasteiger partial charge < -0.3 is 10.6 Å². The summed E-state index contributed by atoms with van der Waals surface area (Å²) in [6.07, 6.45) is 3.21. The van der Waals surface area contributed by atoms with Crippen molar-refractivity contribution in [3.05, 3.63) is 59.9 Å². The van der Waals surface area contributed by atoms with E-state index in [2.05, 4.69) is 0 Å². The van der Waals surface area contributed by atoms with Crippen LogP contribution in [0.3, 0.4) is 0 Å². The largest absolute Gasteiger partial charge is 0.365 e. The van der Waals surface area contributed by atoms with Crippen LogP contribution >= 0.6 is 0 Å². The van der Waals surface area contributed by atoms with Gasteiger partial charge in [0, 0.05) is 32.2 Å². The molecule has 0 bridgehead atoms. The van der Waals surface area contributed by atoms with Gasteiger partial charge in [-0.15, -0.1) is 0 Å². The van der Waals surface area contributed by atoms with Crippen LogP contribution in [0.2, 0.25) is 0 Å². The molecule has 28 heavy (non-hydrogen) atoms. The third-order valence-electron chi connectivity index (χ3n) is 4.71. The van der Waals surface area contributed by atoms with Crippen molar-refractivity contribution in [2.45, 2.75) is 18.4 Å². The SMILES string of the molecule is Cc1ccc(S(=O)(=O)N2CCN(C(=O)C[n+]3cccc(C(N)=O)c3)CC2)cc1. The molecule has 1 aliphatic heterocycles. The molecule has 0 unspecified atom stereocenters. The number of amides is 2. The predicted octanol–water partition coefficient (Wildman–Crippen LogP) is -0.0855. The maximum atomic E-state index is 12.7. The van der Waals surface area contributed by atoms with E-state index < -0.39 is 15.9 Å². The van der Waals surface area contributed by atoms with E-state index in [1.165, 1.54) is 10.5 Å². The van der Waals surface area contributed by atoms with E-state index >= 15 is 0 Å². The van der Waals surface area contributed by atoms with Gasteiger partial charge in [0.05, 0.1) is 4.90 Å². The van der Waals surface area contributed by atoms with E-state index in [9.17, 15) is 18.0 Å². The number of piperazine rings is 1. The van der Waals surface area contributed by atoms with Gasteiger partial charge >= 0.3 is 0 Å². The fourth-order valence-corrected chi connectivity index (χ4v) is 4.48. The number of sulfonamides is 1. The molecule has 1 saturated heterocycles. The summed E-state index contributed by atoms with van der Waals surface area (Å²) in [5.74, 6) is -0.698. The lowest BCUT2D eigenvalue weighted by atomic mass is 10.2. The number of carbonyl (C=O) groups is 2. The van der Waals surface area contributed by atoms with Crippen LogP contribution in [0.5, 0.6) is 0 Å². The van der Waals surface area contributed by atoms with Crippen LogP contribution in [-0.2, 0) is 21.4 Å². The Labute approximate surface area is 164 Å². The van der Waals surface area contributed by atoms with Gasteiger partial charge in [0.25, 0.3) is 11.8 Å². The molecule has 1 aromatic carbocycles. The second-order valence-corrected chi connectivity index (χ2v) is 8.67. The molecule has 0 atom stereocenters. The van der Waals surface area contributed by atoms with Gasteiger partial charge in [-0.25, -0.2) is 8.42 Å². The van der Waals surface area contributed by atoms with Gasteiger partial charge in [0.2, 0.25) is 16.6 Å². The van der Waals surface area contributed by atoms with Crippen molar-refractivity contribution >= 4 is 21.8 Å². The van der Waals surface area contributed by atoms with E-state index in [0.29, 0.717) is 18.7 Å². The quantitative estimate of drug-likeness (QED) is 0.705. The molecule has 0 radical (unpaired) electrons. The minimum absolute atomic E-state index is 0.0613. The smallest absolute Gasteiger partial charge is 0.288 e. The minimum atomic E-state index is -3.56. The van der Waals surface area contributed by atoms with Gasteiger partial charge in [-0.05, 0) is 25.1 Å². The lowest BCUT2D eigenvalue weighted by molar-refractivity contribution is -0.685. The second kappa shape index (κ2) is 8.07. The van der Waals surface area contributed by atoms with Crippen LogP contribution in [0.1, 0.15) is 15.9 Å². The number of nitrogens with zero attached hydrogens (tertiary/aromatic N) is 3. The number of nitrogens with two attached hydrogens (primary N) is 1. The molecular weight excluding hydrogens is 380 g/mol. The third-order valence-corrected chi connectivity index (χ3v) is 6.62. The first kappa shape index (κ1) is 20.0. The van der Waals surface area contributed by atoms with Crippen LogP contribution in [0.15, 0.2) is 53.7 Å². The Morgan fingerprint density at radius 1 is 1.07 bits per heavy atom. The summed E-state index contributed by atoms with van der Waals surface area (Å²) in [5.41, 5.74) is 6.57. The number of carbonyl (C=O) groups excluding carboxylic acids is 2. The number of aryl methyl sites for hydroxylation is 1. The van der Waals surface area contributed by atoms with E-state index in [1.54, 1.807) is 52.1 Å². The summed E-state index contributed by atoms with van der Waals surface area (Å²) in [4.78, 5) is 25.7. The number of aromatic nitrogens is 1. The standard InChI is InChI=1S/C19H22N4O4S/c1-15-4-6-17(7-5-15)28(26,27)23-11-9-22(10-12-23)18(24)14-21-8-2-3-16(13-21)19(20)25/h2-8,13H,9-12,14H2,1H3,(H-,20,25)/p+1. The van der Waals surface area contributed by atoms with E-state index in [1.807, 2.05) is 6.92 Å². The van der Waals surface area contributed by atoms with Crippen LogP contribution < -0.4 is 10.3 Å². The molecule has 2 heterocycles. The zero-order valence-corrected chi connectivity index (χ0v) is 16.4. The van der Waals surface area contributed by atoms with E-state index in [-0.39, 0.29) is 30.4 Å². The fourth-order valence-electron chi connectivity index (χ4n) is 3.06. The van der Waals surface area contributed by atoms with Crippen molar-refractivity contribution in [1.82, 2.24) is 9.21 Å². The Morgan fingerprint density at radius 2 is 1.71 bits per heavy atom. The number of benzene rings is 1. The van der Waals surface area contributed by atoms with E-state index in [0.717, 1.165) is 5.56 Å². The summed E-state index contributed by atoms with van der Waals surface area (Å²) in [6, 6.07) is 9.97. The van der Waals surface area contributed by atoms with Crippen LogP contribution in [0.25, 0.3) is 0 Å². The molecule has 8 nitrogen and oxygen atoms in total. The molecule has 0 saturated carbocycles. The first-order valence-electron chi connectivity index (χ1n) is 8.91. The predicted molar refractivity (Wildman–Crippen MR) is 102 cm³/mol. The van der Waals surface area contributed by atoms with Crippen molar-refractivity contribution in [3.8, 4) is 0 Å². The average molecular weight is 403 g/mol. The molecule has 1 aromatic heterocycles. The van der Waals surface area contributed by atoms with Gasteiger partial charge in [0.1, 0.15) is 5.56 Å². The Bertz CT molecular complexity index is 981. The number of hydrogen-bond acceptors (Lipinski definition) is 4. The molecule has 1 aliphatic rings. The van der Waals surface area contributed by atoms with Gasteiger partial charge in [-0.3, -0.25) is 9.59 Å². The third kappa shape index (κ3) is 4.37. The summed E-state index contributed by atoms with van der Waals surface area (Å²) >= 11 is 0. The number of primary amides is 1. The molecule has 3 rings (SSSR count). The van der Waals surface area contributed by atoms with Crippen molar-refractivity contribution in [2.24, 2.45) is 5.73 Å². The van der Waals surface area contributed by atoms with Crippen LogP contribution in [0, 0.1) is 6.92 Å². The Kier molecular flexibility index (Phi) is 5.76. The summed E-state index contributed by atoms with van der Waals surface area (Å²) in [5, 5.41) is 0. The average Bonchev–Trinajstić information content (AvgIpc) is 2.68. The van der Waals surface area contributed by atoms with Gasteiger partial charge in [-0.1, -0.05) is 17.7 Å². The summed E-state index contributed by atoms with van der Waals surface area (Å²) in [7, 11) is -3.56. The van der Waals surface area contributed by atoms with Gasteiger partial charge in [0.15, 0.2) is 12.4 Å². The molecule has 0 spiro atoms. The molecule has 2 N–H and O–H groups in total. The number of pyridine rings is 1. The number of rotatable bonds is 5. The maximum absolute atomic E-state index is 12.7. The van der Waals surface area contributed by atoms with Gasteiger partial charge in [-0.2, -0.15) is 8.87 Å². The fraction of sp³-hybridized carbons (Fsp3) is 0.316. The second-order valence-electron chi connectivity index (χ2n) is 6.73. The number of hydrogen-bond donors (Lipinski definition) is 1. The Morgan fingerprint density at radius 3 is 2.32 bits per heavy atom. The van der Waals surface area contributed by atoms with Crippen molar-refractivity contribution in [3.63, 3.8) is 0 Å². The molecular formula is C19H23N4O4S+. The zero-order chi connectivity index (χ0) is 20.3. The summed E-state index contributed by atoms with van der Waals surface area (Å²) in [6.45, 7) is 3.09. The maximum Gasteiger partial charge on any atom is 0.288 e. The van der Waals surface area contributed by atoms with Crippen LogP contribution in [-0.4, -0.2) is 55.6 Å². The van der Waals surface area contributed by atoms with Crippen LogP contribution in [0.4, 0.5) is 0 Å². The Balaban J connectivity index is 1.62. The molecule has 148 valence electrons. The molecule has 2 aromatic rings. The van der Waals surface area contributed by atoms with Crippen molar-refractivity contribution < 1.29 is 22.6 Å². The normalized spacial score (nSPS) is 15.4. The van der Waals surface area contributed by atoms with Crippen molar-refractivity contribution in [1.29, 1.82) is 0 Å². The lowest BCUT2D eigenvalue weighted by Gasteiger charge is -2.33. The molecule has 0 aliphatic carbocycles. The monoisotopic (exact) mass is 403 g/mol. The first-order chi connectivity index (χ1) is 13.3. The highest BCUT2D eigenvalue weighted by Gasteiger charge is 2.31. The Hall–Kier alpha value is -2.78. The molecule has 2 amide bonds. The highest BCUT2D eigenvalue weighted by atomic mass is 32.2. The first-order valence-corrected chi connectivity index (χ1v) is 10.3. The molecule has 1 fully saturated rings. The van der Waals surface area contributed by atoms with E-state index in [4.69, 9.17) is 5.73 Å². The zero-order valence-electron chi connectivity index (χ0n) is 15.6. The minimum Gasteiger partial charge on any atom is -0.365 e. The van der Waals surface area contributed by atoms with Crippen molar-refractivity contribution in [2.75, 3.05) is 26.2 Å². The lowest BCUT2D eigenvalue weighted by Crippen LogP contribution is -2.53. The molecule has 9 heteroatoms. The summed E-state index contributed by atoms with van der Waals surface area (Å²) < 4.78 is 28.5.